The van der Waals surface area contributed by atoms with Crippen LogP contribution in [-0.4, -0.2) is 22.8 Å². The van der Waals surface area contributed by atoms with Crippen LogP contribution in [0, 0.1) is 11.3 Å². The zero-order chi connectivity index (χ0) is 20.4. The molecule has 5 heteroatoms. The van der Waals surface area contributed by atoms with Crippen molar-refractivity contribution in [2.45, 2.75) is 88.4 Å². The van der Waals surface area contributed by atoms with E-state index < -0.39 is 18.2 Å². The highest BCUT2D eigenvalue weighted by Crippen LogP contribution is 2.65. The molecule has 0 saturated heterocycles. The van der Waals surface area contributed by atoms with Crippen LogP contribution in [0.15, 0.2) is 45.7 Å². The molecule has 0 aromatic heterocycles. The molecule has 4 rings (SSSR count). The Kier molecular flexibility index (Phi) is 4.76. The van der Waals surface area contributed by atoms with Crippen LogP contribution in [0.5, 0.6) is 0 Å². The summed E-state index contributed by atoms with van der Waals surface area (Å²) in [5.74, 6) is 0.598. The zero-order valence-electron chi connectivity index (χ0n) is 17.9. The first-order chi connectivity index (χ1) is 13.0. The Labute approximate surface area is 171 Å². The van der Waals surface area contributed by atoms with E-state index in [9.17, 15) is 8.42 Å². The van der Waals surface area contributed by atoms with Gasteiger partial charge in [0, 0.05) is 11.0 Å². The van der Waals surface area contributed by atoms with Crippen molar-refractivity contribution >= 4 is 18.2 Å². The molecule has 1 aromatic carbocycles. The molecule has 28 heavy (non-hydrogen) atoms. The molecule has 0 N–H and O–H groups in total. The second-order valence-electron chi connectivity index (χ2n) is 10.5. The van der Waals surface area contributed by atoms with Crippen molar-refractivity contribution in [1.82, 2.24) is 0 Å². The fraction of sp³-hybridized carbons (Fsp3) is 0.652. The number of allylic oxidation sites excluding steroid dienone is 2. The summed E-state index contributed by atoms with van der Waals surface area (Å²) in [7, 11) is -5.17. The number of benzene rings is 1. The summed E-state index contributed by atoms with van der Waals surface area (Å²) in [6.45, 7) is 11.5. The topological polar surface area (TPSA) is 43.4 Å². The van der Waals surface area contributed by atoms with E-state index in [0.717, 1.165) is 37.0 Å². The molecule has 0 amide bonds. The molecule has 0 bridgehead atoms. The Morgan fingerprint density at radius 3 is 2.43 bits per heavy atom. The molecule has 3 atom stereocenters. The third kappa shape index (κ3) is 3.05. The van der Waals surface area contributed by atoms with E-state index in [1.165, 1.54) is 5.57 Å². The van der Waals surface area contributed by atoms with E-state index in [4.69, 9.17) is 4.43 Å². The minimum Gasteiger partial charge on any atom is -0.414 e. The van der Waals surface area contributed by atoms with Crippen LogP contribution >= 0.6 is 0 Å². The number of hydrogen-bond acceptors (Lipinski definition) is 3. The van der Waals surface area contributed by atoms with Crippen LogP contribution in [0.3, 0.4) is 0 Å². The molecule has 1 aromatic rings. The lowest BCUT2D eigenvalue weighted by molar-refractivity contribution is 0.172. The van der Waals surface area contributed by atoms with E-state index >= 15 is 0 Å². The molecule has 3 nitrogen and oxygen atoms in total. The summed E-state index contributed by atoms with van der Waals surface area (Å²) in [5, 5.41) is 0.207. The molecule has 2 saturated carbocycles. The van der Waals surface area contributed by atoms with E-state index in [-0.39, 0.29) is 10.5 Å². The van der Waals surface area contributed by atoms with Gasteiger partial charge >= 0.3 is 0 Å². The van der Waals surface area contributed by atoms with Gasteiger partial charge in [-0.3, -0.25) is 0 Å². The van der Waals surface area contributed by atoms with E-state index in [1.807, 2.05) is 18.2 Å². The van der Waals surface area contributed by atoms with Crippen molar-refractivity contribution in [3.63, 3.8) is 0 Å². The monoisotopic (exact) mass is 418 g/mol. The van der Waals surface area contributed by atoms with E-state index in [1.54, 1.807) is 12.1 Å². The normalized spacial score (nSPS) is 30.6. The Morgan fingerprint density at radius 2 is 1.79 bits per heavy atom. The minimum atomic E-state index is -3.37. The van der Waals surface area contributed by atoms with E-state index in [2.05, 4.69) is 33.9 Å². The summed E-state index contributed by atoms with van der Waals surface area (Å²) in [6, 6.07) is 8.98. The SMILES string of the molecule is CC(C)(C)[Si](C)(C)O[C@H]1C[C@H]2CCC3=C(S(=O)(=O)c4ccccc4)CC[C@@]32C1. The Hall–Kier alpha value is -0.913. The third-order valence-electron chi connectivity index (χ3n) is 8.04. The van der Waals surface area contributed by atoms with Gasteiger partial charge in [0.1, 0.15) is 0 Å². The van der Waals surface area contributed by atoms with Crippen LogP contribution in [0.25, 0.3) is 0 Å². The molecule has 0 radical (unpaired) electrons. The van der Waals surface area contributed by atoms with Crippen molar-refractivity contribution in [1.29, 1.82) is 0 Å². The predicted molar refractivity (Wildman–Crippen MR) is 116 cm³/mol. The van der Waals surface area contributed by atoms with Gasteiger partial charge in [-0.15, -0.1) is 0 Å². The summed E-state index contributed by atoms with van der Waals surface area (Å²) in [4.78, 5) is 1.18. The van der Waals surface area contributed by atoms with Gasteiger partial charge in [-0.25, -0.2) is 8.42 Å². The largest absolute Gasteiger partial charge is 0.414 e. The third-order valence-corrected chi connectivity index (χ3v) is 14.6. The average Bonchev–Trinajstić information content (AvgIpc) is 3.22. The van der Waals surface area contributed by atoms with Gasteiger partial charge in [0.2, 0.25) is 9.84 Å². The fourth-order valence-corrected chi connectivity index (χ4v) is 8.78. The molecule has 0 heterocycles. The quantitative estimate of drug-likeness (QED) is 0.556. The van der Waals surface area contributed by atoms with Gasteiger partial charge in [-0.05, 0) is 85.7 Å². The maximum atomic E-state index is 13.3. The van der Waals surface area contributed by atoms with Crippen molar-refractivity contribution < 1.29 is 12.8 Å². The number of sulfone groups is 1. The summed E-state index contributed by atoms with van der Waals surface area (Å²) >= 11 is 0. The number of rotatable bonds is 4. The van der Waals surface area contributed by atoms with Gasteiger partial charge in [0.05, 0.1) is 4.90 Å². The maximum Gasteiger partial charge on any atom is 0.202 e. The summed E-state index contributed by atoms with van der Waals surface area (Å²) in [6.07, 6.45) is 6.20. The molecule has 154 valence electrons. The molecular weight excluding hydrogens is 384 g/mol. The molecular formula is C23H34O3SSi. The Balaban J connectivity index is 1.63. The van der Waals surface area contributed by atoms with E-state index in [0.29, 0.717) is 23.3 Å². The van der Waals surface area contributed by atoms with Crippen LogP contribution in [-0.2, 0) is 14.3 Å². The lowest BCUT2D eigenvalue weighted by Gasteiger charge is -2.39. The average molecular weight is 419 g/mol. The zero-order valence-corrected chi connectivity index (χ0v) is 19.7. The summed E-state index contributed by atoms with van der Waals surface area (Å²) < 4.78 is 33.4. The standard InChI is InChI=1S/C23H34O3SSi/c1-22(2,3)28(4,5)26-18-15-17-11-12-20-21(13-14-23(17,20)16-18)27(24,25)19-9-7-6-8-10-19/h6-10,17-18H,11-16H2,1-5H3/t17-,18+,23+/m1/s1. The van der Waals surface area contributed by atoms with Crippen LogP contribution in [0.2, 0.25) is 18.1 Å². The fourth-order valence-electron chi connectivity index (χ4n) is 5.61. The first-order valence-corrected chi connectivity index (χ1v) is 15.1. The highest BCUT2D eigenvalue weighted by molar-refractivity contribution is 7.95. The van der Waals surface area contributed by atoms with Crippen molar-refractivity contribution in [2.24, 2.45) is 11.3 Å². The number of hydrogen-bond donors (Lipinski definition) is 0. The van der Waals surface area contributed by atoms with Gasteiger partial charge in [0.15, 0.2) is 8.32 Å². The smallest absolute Gasteiger partial charge is 0.202 e. The molecule has 3 aliphatic rings. The minimum absolute atomic E-state index is 0.0875. The van der Waals surface area contributed by atoms with Gasteiger partial charge in [-0.2, -0.15) is 0 Å². The summed E-state index contributed by atoms with van der Waals surface area (Å²) in [5.41, 5.74) is 1.34. The van der Waals surface area contributed by atoms with Crippen molar-refractivity contribution in [2.75, 3.05) is 0 Å². The first kappa shape index (κ1) is 20.4. The Bertz CT molecular complexity index is 896. The van der Waals surface area contributed by atoms with Crippen molar-refractivity contribution in [3.8, 4) is 0 Å². The van der Waals surface area contributed by atoms with Gasteiger partial charge in [0.25, 0.3) is 0 Å². The molecule has 0 aliphatic heterocycles. The second kappa shape index (κ2) is 6.54. The van der Waals surface area contributed by atoms with Crippen molar-refractivity contribution in [3.05, 3.63) is 40.8 Å². The second-order valence-corrected chi connectivity index (χ2v) is 17.3. The predicted octanol–water partition coefficient (Wildman–Crippen LogP) is 6.09. The molecule has 1 spiro atoms. The highest BCUT2D eigenvalue weighted by Gasteiger charge is 2.58. The van der Waals surface area contributed by atoms with Crippen LogP contribution in [0.4, 0.5) is 0 Å². The highest BCUT2D eigenvalue weighted by atomic mass is 32.2. The first-order valence-electron chi connectivity index (χ1n) is 10.7. The van der Waals surface area contributed by atoms with Crippen LogP contribution in [0.1, 0.15) is 59.3 Å². The lowest BCUT2D eigenvalue weighted by Crippen LogP contribution is -2.43. The lowest BCUT2D eigenvalue weighted by atomic mass is 9.78. The molecule has 0 unspecified atom stereocenters. The Morgan fingerprint density at radius 1 is 1.11 bits per heavy atom. The molecule has 2 fully saturated rings. The van der Waals surface area contributed by atoms with Crippen LogP contribution < -0.4 is 0 Å². The maximum absolute atomic E-state index is 13.3. The van der Waals surface area contributed by atoms with Gasteiger partial charge in [-0.1, -0.05) is 39.0 Å². The molecule has 3 aliphatic carbocycles. The van der Waals surface area contributed by atoms with Gasteiger partial charge < -0.3 is 4.43 Å².